The van der Waals surface area contributed by atoms with Crippen LogP contribution in [0.4, 0.5) is 0 Å². The average molecular weight is 300 g/mol. The number of rotatable bonds is 1. The molecule has 0 bridgehead atoms. The average Bonchev–Trinajstić information content (AvgIpc) is 2.80. The molecule has 0 aromatic rings. The van der Waals surface area contributed by atoms with Gasteiger partial charge in [0.2, 0.25) is 0 Å². The molecule has 4 aliphatic rings. The van der Waals surface area contributed by atoms with Crippen molar-refractivity contribution >= 4 is 11.6 Å². The lowest BCUT2D eigenvalue weighted by Crippen LogP contribution is -2.46. The maximum atomic E-state index is 12.1. The smallest absolute Gasteiger partial charge is 0.155 e. The summed E-state index contributed by atoms with van der Waals surface area (Å²) in [5.74, 6) is 4.07. The molecule has 3 saturated carbocycles. The minimum Gasteiger partial charge on any atom is -0.300 e. The second kappa shape index (κ2) is 5.04. The Bertz CT molecular complexity index is 546. The zero-order valence-electron chi connectivity index (χ0n) is 13.9. The molecule has 0 heterocycles. The van der Waals surface area contributed by atoms with E-state index >= 15 is 0 Å². The van der Waals surface area contributed by atoms with Crippen molar-refractivity contribution < 1.29 is 9.59 Å². The maximum Gasteiger partial charge on any atom is 0.155 e. The lowest BCUT2D eigenvalue weighted by Gasteiger charge is -2.52. The summed E-state index contributed by atoms with van der Waals surface area (Å²) in [4.78, 5) is 23.8. The van der Waals surface area contributed by atoms with Crippen molar-refractivity contribution in [2.75, 3.05) is 0 Å². The van der Waals surface area contributed by atoms with Gasteiger partial charge in [-0.2, -0.15) is 0 Å². The Morgan fingerprint density at radius 1 is 1.18 bits per heavy atom. The minimum atomic E-state index is 0.263. The molecule has 22 heavy (non-hydrogen) atoms. The number of allylic oxidation sites excluding steroid dienone is 2. The van der Waals surface area contributed by atoms with E-state index in [-0.39, 0.29) is 5.41 Å². The van der Waals surface area contributed by atoms with Gasteiger partial charge in [0.05, 0.1) is 0 Å². The van der Waals surface area contributed by atoms with Gasteiger partial charge in [0.1, 0.15) is 5.78 Å². The molecule has 0 N–H and O–H groups in total. The third-order valence-corrected chi connectivity index (χ3v) is 7.73. The largest absolute Gasteiger partial charge is 0.300 e. The van der Waals surface area contributed by atoms with Gasteiger partial charge in [0, 0.05) is 12.3 Å². The molecule has 0 radical (unpaired) electrons. The summed E-state index contributed by atoms with van der Waals surface area (Å²) in [6.07, 6.45) is 11.1. The standard InChI is InChI=1S/C20H28O2/c1-12(21)19-8-5-15-10-18-14(11-20(15,19)2)4-3-13-9-16(22)6-7-17(13)18/h9,14-15,17-19H,3-8,10-11H2,1-2H3/t14-,15+,17+,18-,19-,20+/m1/s1. The van der Waals surface area contributed by atoms with Crippen LogP contribution in [0.2, 0.25) is 0 Å². The highest BCUT2D eigenvalue weighted by atomic mass is 16.1. The Balaban J connectivity index is 1.60. The van der Waals surface area contributed by atoms with E-state index < -0.39 is 0 Å². The molecule has 0 aliphatic heterocycles. The van der Waals surface area contributed by atoms with Crippen LogP contribution in [0, 0.1) is 35.0 Å². The predicted molar refractivity (Wildman–Crippen MR) is 86.3 cm³/mol. The molecule has 2 nitrogen and oxygen atoms in total. The Morgan fingerprint density at radius 3 is 2.77 bits per heavy atom. The number of fused-ring (bicyclic) bond motifs is 4. The fourth-order valence-electron chi connectivity index (χ4n) is 6.69. The van der Waals surface area contributed by atoms with Crippen molar-refractivity contribution in [3.05, 3.63) is 11.6 Å². The SMILES string of the molecule is CC(=O)[C@H]1CC[C@H]2C[C@@H]3[C@H](CCC4=CC(=O)CC[C@@H]43)C[C@@]21C. The molecule has 6 atom stereocenters. The summed E-state index contributed by atoms with van der Waals surface area (Å²) in [5, 5.41) is 0. The summed E-state index contributed by atoms with van der Waals surface area (Å²) in [6.45, 7) is 4.21. The molecule has 0 aromatic heterocycles. The van der Waals surface area contributed by atoms with Gasteiger partial charge in [-0.1, -0.05) is 12.5 Å². The Labute approximate surface area is 133 Å². The van der Waals surface area contributed by atoms with Crippen molar-refractivity contribution in [2.24, 2.45) is 35.0 Å². The molecule has 0 spiro atoms. The van der Waals surface area contributed by atoms with E-state index in [1.807, 2.05) is 6.08 Å². The van der Waals surface area contributed by atoms with Crippen LogP contribution >= 0.6 is 0 Å². The van der Waals surface area contributed by atoms with Gasteiger partial charge < -0.3 is 0 Å². The van der Waals surface area contributed by atoms with E-state index in [9.17, 15) is 9.59 Å². The minimum absolute atomic E-state index is 0.263. The van der Waals surface area contributed by atoms with E-state index in [2.05, 4.69) is 6.92 Å². The second-order valence-electron chi connectivity index (χ2n) is 8.68. The molecule has 0 unspecified atom stereocenters. The van der Waals surface area contributed by atoms with Crippen LogP contribution in [0.1, 0.15) is 65.2 Å². The first-order valence-corrected chi connectivity index (χ1v) is 9.23. The number of ketones is 2. The summed E-state index contributed by atoms with van der Waals surface area (Å²) >= 11 is 0. The monoisotopic (exact) mass is 300 g/mol. The number of hydrogen-bond donors (Lipinski definition) is 0. The molecule has 0 amide bonds. The summed E-state index contributed by atoms with van der Waals surface area (Å²) < 4.78 is 0. The third kappa shape index (κ3) is 2.06. The molecule has 120 valence electrons. The first kappa shape index (κ1) is 14.7. The summed E-state index contributed by atoms with van der Waals surface area (Å²) in [5.41, 5.74) is 1.72. The van der Waals surface area contributed by atoms with Crippen LogP contribution in [0.5, 0.6) is 0 Å². The first-order chi connectivity index (χ1) is 10.5. The maximum absolute atomic E-state index is 12.1. The van der Waals surface area contributed by atoms with Gasteiger partial charge in [-0.05, 0) is 87.0 Å². The van der Waals surface area contributed by atoms with Crippen LogP contribution in [0.15, 0.2) is 11.6 Å². The Hall–Kier alpha value is -0.920. The van der Waals surface area contributed by atoms with Crippen LogP contribution in [-0.4, -0.2) is 11.6 Å². The van der Waals surface area contributed by atoms with Crippen molar-refractivity contribution in [2.45, 2.75) is 65.2 Å². The van der Waals surface area contributed by atoms with E-state index in [0.29, 0.717) is 23.4 Å². The van der Waals surface area contributed by atoms with E-state index in [0.717, 1.165) is 43.4 Å². The van der Waals surface area contributed by atoms with Gasteiger partial charge in [-0.25, -0.2) is 0 Å². The van der Waals surface area contributed by atoms with Crippen molar-refractivity contribution in [1.82, 2.24) is 0 Å². The van der Waals surface area contributed by atoms with Gasteiger partial charge in [0.15, 0.2) is 5.78 Å². The van der Waals surface area contributed by atoms with Gasteiger partial charge in [-0.3, -0.25) is 9.59 Å². The van der Waals surface area contributed by atoms with Gasteiger partial charge >= 0.3 is 0 Å². The molecule has 0 aromatic carbocycles. The quantitative estimate of drug-likeness (QED) is 0.722. The van der Waals surface area contributed by atoms with Crippen molar-refractivity contribution in [1.29, 1.82) is 0 Å². The molecule has 3 fully saturated rings. The number of hydrogen-bond acceptors (Lipinski definition) is 2. The van der Waals surface area contributed by atoms with Crippen LogP contribution in [0.25, 0.3) is 0 Å². The fourth-order valence-corrected chi connectivity index (χ4v) is 6.69. The highest BCUT2D eigenvalue weighted by Crippen LogP contribution is 2.62. The summed E-state index contributed by atoms with van der Waals surface area (Å²) in [6, 6.07) is 0. The van der Waals surface area contributed by atoms with E-state index in [4.69, 9.17) is 0 Å². The fraction of sp³-hybridized carbons (Fsp3) is 0.800. The van der Waals surface area contributed by atoms with Crippen LogP contribution in [-0.2, 0) is 9.59 Å². The highest BCUT2D eigenvalue weighted by Gasteiger charge is 2.55. The molecular formula is C20H28O2. The number of Topliss-reactive ketones (excluding diaryl/α,β-unsaturated/α-hetero) is 1. The molecule has 2 heteroatoms. The second-order valence-corrected chi connectivity index (χ2v) is 8.68. The molecule has 4 aliphatic carbocycles. The van der Waals surface area contributed by atoms with Crippen molar-refractivity contribution in [3.8, 4) is 0 Å². The van der Waals surface area contributed by atoms with Crippen LogP contribution in [0.3, 0.4) is 0 Å². The van der Waals surface area contributed by atoms with Gasteiger partial charge in [-0.15, -0.1) is 0 Å². The van der Waals surface area contributed by atoms with Gasteiger partial charge in [0.25, 0.3) is 0 Å². The Morgan fingerprint density at radius 2 is 2.00 bits per heavy atom. The first-order valence-electron chi connectivity index (χ1n) is 9.23. The lowest BCUT2D eigenvalue weighted by atomic mass is 9.52. The number of carbonyl (C=O) groups is 2. The molecule has 0 saturated heterocycles. The zero-order chi connectivity index (χ0) is 15.5. The normalized spacial score (nSPS) is 47.3. The Kier molecular flexibility index (Phi) is 3.36. The van der Waals surface area contributed by atoms with Crippen molar-refractivity contribution in [3.63, 3.8) is 0 Å². The predicted octanol–water partition coefficient (Wildman–Crippen LogP) is 4.33. The number of carbonyl (C=O) groups excluding carboxylic acids is 2. The van der Waals surface area contributed by atoms with E-state index in [1.165, 1.54) is 31.3 Å². The zero-order valence-corrected chi connectivity index (χ0v) is 13.9. The highest BCUT2D eigenvalue weighted by molar-refractivity contribution is 5.91. The molecular weight excluding hydrogens is 272 g/mol. The lowest BCUT2D eigenvalue weighted by molar-refractivity contribution is -0.127. The molecule has 4 rings (SSSR count). The van der Waals surface area contributed by atoms with E-state index in [1.54, 1.807) is 6.92 Å². The third-order valence-electron chi connectivity index (χ3n) is 7.73. The topological polar surface area (TPSA) is 34.1 Å². The van der Waals surface area contributed by atoms with Crippen LogP contribution < -0.4 is 0 Å². The summed E-state index contributed by atoms with van der Waals surface area (Å²) in [7, 11) is 0.